The van der Waals surface area contributed by atoms with Crippen LogP contribution in [0.15, 0.2) is 0 Å². The molecule has 16 heavy (non-hydrogen) atoms. The Bertz CT molecular complexity index is 188. The number of unbranched alkanes of at least 4 members (excludes halogenated alkanes) is 5. The molecule has 0 spiro atoms. The minimum Gasteiger partial charge on any atom is -0.461 e. The zero-order chi connectivity index (χ0) is 11.6. The molecular formula is C13H25NO2. The fraction of sp³-hybridized carbons (Fsp3) is 0.923. The van der Waals surface area contributed by atoms with Gasteiger partial charge in [0.2, 0.25) is 0 Å². The first kappa shape index (κ1) is 13.5. The minimum absolute atomic E-state index is 0.0100. The van der Waals surface area contributed by atoms with Crippen molar-refractivity contribution < 1.29 is 9.53 Å². The number of rotatable bonds is 8. The van der Waals surface area contributed by atoms with Gasteiger partial charge in [-0.25, -0.2) is 0 Å². The Kier molecular flexibility index (Phi) is 7.23. The molecule has 1 atom stereocenters. The van der Waals surface area contributed by atoms with E-state index < -0.39 is 0 Å². The molecule has 1 saturated heterocycles. The number of hydrogen-bond donors (Lipinski definition) is 1. The molecular weight excluding hydrogens is 202 g/mol. The Morgan fingerprint density at radius 2 is 2.00 bits per heavy atom. The quantitative estimate of drug-likeness (QED) is 0.512. The number of carbonyl (C=O) groups is 1. The molecule has 1 fully saturated rings. The highest BCUT2D eigenvalue weighted by Gasteiger charge is 2.18. The second-order valence-corrected chi connectivity index (χ2v) is 4.62. The van der Waals surface area contributed by atoms with Crippen LogP contribution in [0, 0.1) is 0 Å². The molecule has 1 N–H and O–H groups in total. The van der Waals surface area contributed by atoms with Crippen LogP contribution in [0.5, 0.6) is 0 Å². The van der Waals surface area contributed by atoms with E-state index in [0.29, 0.717) is 6.42 Å². The Balaban J connectivity index is 1.89. The summed E-state index contributed by atoms with van der Waals surface area (Å²) < 4.78 is 5.34. The van der Waals surface area contributed by atoms with Crippen molar-refractivity contribution in [2.45, 2.75) is 64.4 Å². The summed E-state index contributed by atoms with van der Waals surface area (Å²) in [6, 6.07) is 0. The maximum atomic E-state index is 11.4. The van der Waals surface area contributed by atoms with E-state index in [9.17, 15) is 4.79 Å². The fourth-order valence-electron chi connectivity index (χ4n) is 2.02. The molecule has 1 rings (SSSR count). The molecule has 0 radical (unpaired) electrons. The average Bonchev–Trinajstić information content (AvgIpc) is 2.76. The number of carbonyl (C=O) groups excluding carboxylic acids is 1. The zero-order valence-electron chi connectivity index (χ0n) is 10.5. The molecule has 94 valence electrons. The normalized spacial score (nSPS) is 19.9. The zero-order valence-corrected chi connectivity index (χ0v) is 10.5. The van der Waals surface area contributed by atoms with Crippen LogP contribution in [-0.2, 0) is 9.53 Å². The van der Waals surface area contributed by atoms with E-state index in [2.05, 4.69) is 12.2 Å². The monoisotopic (exact) mass is 227 g/mol. The molecule has 3 nitrogen and oxygen atoms in total. The lowest BCUT2D eigenvalue weighted by molar-refractivity contribution is -0.148. The van der Waals surface area contributed by atoms with Crippen LogP contribution in [0.4, 0.5) is 0 Å². The smallest absolute Gasteiger partial charge is 0.306 e. The summed E-state index contributed by atoms with van der Waals surface area (Å²) in [5, 5.41) is 3.19. The third kappa shape index (κ3) is 6.11. The summed E-state index contributed by atoms with van der Waals surface area (Å²) in [5.41, 5.74) is 0. The van der Waals surface area contributed by atoms with E-state index in [0.717, 1.165) is 32.4 Å². The van der Waals surface area contributed by atoms with Crippen LogP contribution in [0.1, 0.15) is 58.3 Å². The summed E-state index contributed by atoms with van der Waals surface area (Å²) in [6.07, 6.45) is 9.01. The highest BCUT2D eigenvalue weighted by atomic mass is 16.5. The van der Waals surface area contributed by atoms with Crippen LogP contribution >= 0.6 is 0 Å². The first-order chi connectivity index (χ1) is 7.83. The van der Waals surface area contributed by atoms with E-state index >= 15 is 0 Å². The molecule has 3 heteroatoms. The number of nitrogens with one attached hydrogen (secondary N) is 1. The van der Waals surface area contributed by atoms with Crippen LogP contribution in [0.3, 0.4) is 0 Å². The number of esters is 1. The lowest BCUT2D eigenvalue weighted by atomic mass is 10.1. The highest BCUT2D eigenvalue weighted by Crippen LogP contribution is 2.09. The maximum Gasteiger partial charge on any atom is 0.306 e. The van der Waals surface area contributed by atoms with Gasteiger partial charge >= 0.3 is 5.97 Å². The van der Waals surface area contributed by atoms with Crippen LogP contribution in [0.25, 0.3) is 0 Å². The van der Waals surface area contributed by atoms with Gasteiger partial charge in [-0.2, -0.15) is 0 Å². The van der Waals surface area contributed by atoms with E-state index in [-0.39, 0.29) is 12.1 Å². The Morgan fingerprint density at radius 1 is 1.25 bits per heavy atom. The summed E-state index contributed by atoms with van der Waals surface area (Å²) in [6.45, 7) is 4.03. The van der Waals surface area contributed by atoms with Gasteiger partial charge in [0.05, 0.1) is 0 Å². The van der Waals surface area contributed by atoms with Crippen molar-refractivity contribution in [2.75, 3.05) is 13.1 Å². The van der Waals surface area contributed by atoms with Crippen molar-refractivity contribution in [2.24, 2.45) is 0 Å². The molecule has 0 amide bonds. The van der Waals surface area contributed by atoms with Gasteiger partial charge in [-0.1, -0.05) is 39.0 Å². The van der Waals surface area contributed by atoms with Crippen molar-refractivity contribution in [3.05, 3.63) is 0 Å². The standard InChI is InChI=1S/C13H25NO2/c1-2-3-4-5-6-7-8-13(15)16-12-9-10-14-11-12/h12,14H,2-11H2,1H3/t12-/m0/s1. The second kappa shape index (κ2) is 8.57. The van der Waals surface area contributed by atoms with Crippen molar-refractivity contribution in [1.29, 1.82) is 0 Å². The van der Waals surface area contributed by atoms with Gasteiger partial charge in [-0.3, -0.25) is 4.79 Å². The molecule has 1 heterocycles. The van der Waals surface area contributed by atoms with Crippen molar-refractivity contribution in [1.82, 2.24) is 5.32 Å². The summed E-state index contributed by atoms with van der Waals surface area (Å²) in [4.78, 5) is 11.4. The van der Waals surface area contributed by atoms with Crippen LogP contribution < -0.4 is 5.32 Å². The van der Waals surface area contributed by atoms with E-state index in [1.807, 2.05) is 0 Å². The van der Waals surface area contributed by atoms with Crippen LogP contribution in [-0.4, -0.2) is 25.2 Å². The van der Waals surface area contributed by atoms with E-state index in [1.54, 1.807) is 0 Å². The summed E-state index contributed by atoms with van der Waals surface area (Å²) in [5.74, 6) is -0.0100. The van der Waals surface area contributed by atoms with Gasteiger partial charge in [0.25, 0.3) is 0 Å². The van der Waals surface area contributed by atoms with E-state index in [1.165, 1.54) is 25.7 Å². The molecule has 0 aromatic carbocycles. The van der Waals surface area contributed by atoms with Gasteiger partial charge in [0.15, 0.2) is 0 Å². The van der Waals surface area contributed by atoms with Gasteiger partial charge in [-0.05, 0) is 19.4 Å². The largest absolute Gasteiger partial charge is 0.461 e. The van der Waals surface area contributed by atoms with Gasteiger partial charge in [0, 0.05) is 13.0 Å². The minimum atomic E-state index is -0.0100. The third-order valence-corrected chi connectivity index (χ3v) is 3.05. The van der Waals surface area contributed by atoms with Gasteiger partial charge in [-0.15, -0.1) is 0 Å². The van der Waals surface area contributed by atoms with Crippen molar-refractivity contribution >= 4 is 5.97 Å². The Hall–Kier alpha value is -0.570. The van der Waals surface area contributed by atoms with Gasteiger partial charge < -0.3 is 10.1 Å². The predicted octanol–water partition coefficient (Wildman–Crippen LogP) is 2.64. The molecule has 1 aliphatic rings. The van der Waals surface area contributed by atoms with Crippen molar-refractivity contribution in [3.63, 3.8) is 0 Å². The van der Waals surface area contributed by atoms with Gasteiger partial charge in [0.1, 0.15) is 6.10 Å². The summed E-state index contributed by atoms with van der Waals surface area (Å²) in [7, 11) is 0. The molecule has 0 aliphatic carbocycles. The Morgan fingerprint density at radius 3 is 2.69 bits per heavy atom. The number of ether oxygens (including phenoxy) is 1. The maximum absolute atomic E-state index is 11.4. The Labute approximate surface area is 98.9 Å². The predicted molar refractivity (Wildman–Crippen MR) is 65.4 cm³/mol. The molecule has 1 aliphatic heterocycles. The average molecular weight is 227 g/mol. The molecule has 0 unspecified atom stereocenters. The molecule has 0 saturated carbocycles. The molecule has 0 aromatic heterocycles. The highest BCUT2D eigenvalue weighted by molar-refractivity contribution is 5.69. The van der Waals surface area contributed by atoms with Crippen molar-refractivity contribution in [3.8, 4) is 0 Å². The molecule has 0 aromatic rings. The second-order valence-electron chi connectivity index (χ2n) is 4.62. The van der Waals surface area contributed by atoms with Crippen LogP contribution in [0.2, 0.25) is 0 Å². The topological polar surface area (TPSA) is 38.3 Å². The third-order valence-electron chi connectivity index (χ3n) is 3.05. The fourth-order valence-corrected chi connectivity index (χ4v) is 2.02. The first-order valence-corrected chi connectivity index (χ1v) is 6.73. The lowest BCUT2D eigenvalue weighted by Crippen LogP contribution is -2.20. The first-order valence-electron chi connectivity index (χ1n) is 6.73. The van der Waals surface area contributed by atoms with E-state index in [4.69, 9.17) is 4.74 Å². The lowest BCUT2D eigenvalue weighted by Gasteiger charge is -2.10. The SMILES string of the molecule is CCCCCCCCC(=O)O[C@H]1CCNC1. The number of hydrogen-bond acceptors (Lipinski definition) is 3. The summed E-state index contributed by atoms with van der Waals surface area (Å²) >= 11 is 0. The molecule has 0 bridgehead atoms.